The number of sulfonamides is 1. The summed E-state index contributed by atoms with van der Waals surface area (Å²) < 4.78 is 54.8. The summed E-state index contributed by atoms with van der Waals surface area (Å²) in [5, 5.41) is 4.47. The van der Waals surface area contributed by atoms with E-state index >= 15 is 0 Å². The number of aryl methyl sites for hydroxylation is 2. The zero-order valence-corrected chi connectivity index (χ0v) is 18.4. The van der Waals surface area contributed by atoms with Gasteiger partial charge >= 0.3 is 0 Å². The molecule has 0 atom stereocenters. The van der Waals surface area contributed by atoms with Crippen LogP contribution in [0, 0.1) is 25.5 Å². The Morgan fingerprint density at radius 2 is 1.56 bits per heavy atom. The Morgan fingerprint density at radius 3 is 2.22 bits per heavy atom. The minimum Gasteiger partial charge on any atom is -0.353 e. The molecule has 1 aliphatic rings. The predicted octanol–water partition coefficient (Wildman–Crippen LogP) is 2.64. The smallest absolute Gasteiger partial charge is 0.271 e. The van der Waals surface area contributed by atoms with Gasteiger partial charge in [-0.05, 0) is 61.4 Å². The first kappa shape index (κ1) is 22.1. The van der Waals surface area contributed by atoms with Crippen LogP contribution in [0.15, 0.2) is 58.2 Å². The van der Waals surface area contributed by atoms with Crippen LogP contribution in [-0.2, 0) is 10.0 Å². The van der Waals surface area contributed by atoms with Crippen molar-refractivity contribution in [1.82, 2.24) is 14.1 Å². The van der Waals surface area contributed by atoms with Crippen molar-refractivity contribution in [1.29, 1.82) is 0 Å². The molecule has 0 spiro atoms. The molecule has 0 radical (unpaired) electrons. The van der Waals surface area contributed by atoms with Gasteiger partial charge in [0.1, 0.15) is 5.82 Å². The lowest BCUT2D eigenvalue weighted by Gasteiger charge is -2.34. The SMILES string of the molecule is Cc1ccc(-n2nc(N3CCN(S(=O)(=O)c4ccc(F)c(F)c4)CC3)ccc2=O)cc1C. The van der Waals surface area contributed by atoms with E-state index in [-0.39, 0.29) is 23.5 Å². The first-order chi connectivity index (χ1) is 15.2. The van der Waals surface area contributed by atoms with Crippen molar-refractivity contribution in [2.24, 2.45) is 0 Å². The van der Waals surface area contributed by atoms with Gasteiger partial charge in [-0.15, -0.1) is 5.10 Å². The van der Waals surface area contributed by atoms with Crippen LogP contribution in [0.3, 0.4) is 0 Å². The van der Waals surface area contributed by atoms with Crippen molar-refractivity contribution in [3.05, 3.63) is 81.6 Å². The van der Waals surface area contributed by atoms with Crippen molar-refractivity contribution < 1.29 is 17.2 Å². The lowest BCUT2D eigenvalue weighted by Crippen LogP contribution is -2.49. The van der Waals surface area contributed by atoms with E-state index in [1.165, 1.54) is 15.1 Å². The summed E-state index contributed by atoms with van der Waals surface area (Å²) in [6.45, 7) is 4.90. The molecule has 32 heavy (non-hydrogen) atoms. The van der Waals surface area contributed by atoms with Crippen molar-refractivity contribution in [2.75, 3.05) is 31.1 Å². The Labute approximate surface area is 184 Å². The Bertz CT molecular complexity index is 1330. The highest BCUT2D eigenvalue weighted by Crippen LogP contribution is 2.22. The van der Waals surface area contributed by atoms with E-state index in [9.17, 15) is 22.0 Å². The molecule has 1 aromatic heterocycles. The molecule has 1 aliphatic heterocycles. The van der Waals surface area contributed by atoms with Crippen LogP contribution in [0.5, 0.6) is 0 Å². The number of nitrogens with zero attached hydrogens (tertiary/aromatic N) is 4. The average molecular weight is 461 g/mol. The van der Waals surface area contributed by atoms with Gasteiger partial charge in [-0.1, -0.05) is 6.07 Å². The predicted molar refractivity (Wildman–Crippen MR) is 117 cm³/mol. The van der Waals surface area contributed by atoms with Crippen LogP contribution in [0.25, 0.3) is 5.69 Å². The topological polar surface area (TPSA) is 75.5 Å². The van der Waals surface area contributed by atoms with Crippen LogP contribution in [0.4, 0.5) is 14.6 Å². The highest BCUT2D eigenvalue weighted by atomic mass is 32.2. The maximum absolute atomic E-state index is 13.5. The average Bonchev–Trinajstić information content (AvgIpc) is 2.78. The van der Waals surface area contributed by atoms with Crippen molar-refractivity contribution in [2.45, 2.75) is 18.7 Å². The maximum atomic E-state index is 13.5. The summed E-state index contributed by atoms with van der Waals surface area (Å²) in [7, 11) is -3.95. The van der Waals surface area contributed by atoms with Crippen LogP contribution in [0.1, 0.15) is 11.1 Å². The summed E-state index contributed by atoms with van der Waals surface area (Å²) in [4.78, 5) is 14.0. The molecule has 0 bridgehead atoms. The molecule has 0 unspecified atom stereocenters. The van der Waals surface area contributed by atoms with Gasteiger partial charge in [-0.25, -0.2) is 17.2 Å². The van der Waals surface area contributed by atoms with E-state index in [4.69, 9.17) is 0 Å². The molecular weight excluding hydrogens is 438 g/mol. The molecular formula is C22H22F2N4O3S. The van der Waals surface area contributed by atoms with Gasteiger partial charge < -0.3 is 4.90 Å². The van der Waals surface area contributed by atoms with Crippen molar-refractivity contribution in [3.63, 3.8) is 0 Å². The van der Waals surface area contributed by atoms with Gasteiger partial charge in [0.15, 0.2) is 11.6 Å². The third-order valence-corrected chi connectivity index (χ3v) is 7.51. The summed E-state index contributed by atoms with van der Waals surface area (Å²) >= 11 is 0. The lowest BCUT2D eigenvalue weighted by atomic mass is 10.1. The van der Waals surface area contributed by atoms with Gasteiger partial charge in [0.25, 0.3) is 5.56 Å². The maximum Gasteiger partial charge on any atom is 0.271 e. The first-order valence-electron chi connectivity index (χ1n) is 10.0. The molecule has 1 fully saturated rings. The number of piperazine rings is 1. The molecule has 0 saturated carbocycles. The highest BCUT2D eigenvalue weighted by Gasteiger charge is 2.29. The fourth-order valence-electron chi connectivity index (χ4n) is 3.56. The van der Waals surface area contributed by atoms with E-state index in [0.717, 1.165) is 23.3 Å². The van der Waals surface area contributed by atoms with E-state index in [1.807, 2.05) is 36.9 Å². The summed E-state index contributed by atoms with van der Waals surface area (Å²) in [6, 6.07) is 11.2. The van der Waals surface area contributed by atoms with E-state index < -0.39 is 21.7 Å². The molecule has 10 heteroatoms. The molecule has 0 amide bonds. The second-order valence-corrected chi connectivity index (χ2v) is 9.62. The normalized spacial score (nSPS) is 15.2. The Morgan fingerprint density at radius 1 is 0.844 bits per heavy atom. The van der Waals surface area contributed by atoms with Crippen molar-refractivity contribution in [3.8, 4) is 5.69 Å². The molecule has 0 N–H and O–H groups in total. The second kappa shape index (κ2) is 8.44. The monoisotopic (exact) mass is 460 g/mol. The number of anilines is 1. The second-order valence-electron chi connectivity index (χ2n) is 7.68. The molecule has 0 aliphatic carbocycles. The van der Waals surface area contributed by atoms with Gasteiger partial charge in [-0.3, -0.25) is 4.79 Å². The molecule has 4 rings (SSSR count). The minimum atomic E-state index is -3.95. The quantitative estimate of drug-likeness (QED) is 0.599. The van der Waals surface area contributed by atoms with Crippen molar-refractivity contribution >= 4 is 15.8 Å². The lowest BCUT2D eigenvalue weighted by molar-refractivity contribution is 0.382. The van der Waals surface area contributed by atoms with E-state index in [2.05, 4.69) is 5.10 Å². The van der Waals surface area contributed by atoms with Gasteiger partial charge in [-0.2, -0.15) is 8.99 Å². The van der Waals surface area contributed by atoms with Gasteiger partial charge in [0, 0.05) is 32.2 Å². The number of halogens is 2. The number of rotatable bonds is 4. The fraction of sp³-hybridized carbons (Fsp3) is 0.273. The molecule has 7 nitrogen and oxygen atoms in total. The molecule has 2 aromatic carbocycles. The highest BCUT2D eigenvalue weighted by molar-refractivity contribution is 7.89. The number of benzene rings is 2. The van der Waals surface area contributed by atoms with Crippen LogP contribution in [0.2, 0.25) is 0 Å². The number of hydrogen-bond acceptors (Lipinski definition) is 5. The Kier molecular flexibility index (Phi) is 5.83. The first-order valence-corrected chi connectivity index (χ1v) is 11.5. The number of hydrogen-bond donors (Lipinski definition) is 0. The largest absolute Gasteiger partial charge is 0.353 e. The third-order valence-electron chi connectivity index (χ3n) is 5.61. The van der Waals surface area contributed by atoms with Crippen LogP contribution >= 0.6 is 0 Å². The summed E-state index contributed by atoms with van der Waals surface area (Å²) in [5.74, 6) is -1.76. The molecule has 168 valence electrons. The molecule has 1 saturated heterocycles. The van der Waals surface area contributed by atoms with Gasteiger partial charge in [0.2, 0.25) is 10.0 Å². The zero-order chi connectivity index (χ0) is 23.0. The third kappa shape index (κ3) is 4.15. The minimum absolute atomic E-state index is 0.145. The van der Waals surface area contributed by atoms with Crippen LogP contribution < -0.4 is 10.5 Å². The van der Waals surface area contributed by atoms with E-state index in [0.29, 0.717) is 30.7 Å². The Hall–Kier alpha value is -3.11. The summed E-state index contributed by atoms with van der Waals surface area (Å²) in [6.07, 6.45) is 0. The standard InChI is InChI=1S/C22H22F2N4O3S/c1-15-3-4-17(13-16(15)2)28-22(29)8-7-21(25-28)26-9-11-27(12-10-26)32(30,31)18-5-6-19(23)20(24)14-18/h3-8,13-14H,9-12H2,1-2H3. The number of aromatic nitrogens is 2. The van der Waals surface area contributed by atoms with Gasteiger partial charge in [0.05, 0.1) is 10.6 Å². The summed E-state index contributed by atoms with van der Waals surface area (Å²) in [5.41, 5.74) is 2.53. The van der Waals surface area contributed by atoms with E-state index in [1.54, 1.807) is 6.07 Å². The van der Waals surface area contributed by atoms with Crippen LogP contribution in [-0.4, -0.2) is 48.7 Å². The molecule has 3 aromatic rings. The Balaban J connectivity index is 1.54. The fourth-order valence-corrected chi connectivity index (χ4v) is 4.99. The molecule has 2 heterocycles. The zero-order valence-electron chi connectivity index (χ0n) is 17.6.